The van der Waals surface area contributed by atoms with Gasteiger partial charge in [-0.15, -0.1) is 18.3 Å². The summed E-state index contributed by atoms with van der Waals surface area (Å²) in [6, 6.07) is 18.4. The molecule has 5 rings (SSSR count). The van der Waals surface area contributed by atoms with Crippen LogP contribution in [0.5, 0.6) is 5.75 Å². The topological polar surface area (TPSA) is 72.6 Å². The van der Waals surface area contributed by atoms with E-state index in [4.69, 9.17) is 0 Å². The van der Waals surface area contributed by atoms with Gasteiger partial charge in [0.1, 0.15) is 17.9 Å². The number of aliphatic imine (C=N–C) groups is 1. The first-order chi connectivity index (χ1) is 22.9. The lowest BCUT2D eigenvalue weighted by Crippen LogP contribution is -2.42. The molecule has 1 aliphatic heterocycles. The summed E-state index contributed by atoms with van der Waals surface area (Å²) in [7, 11) is 0. The van der Waals surface area contributed by atoms with Gasteiger partial charge in [-0.25, -0.2) is 14.1 Å². The number of alkyl halides is 3. The highest BCUT2D eigenvalue weighted by molar-refractivity contribution is 8.14. The Hall–Kier alpha value is -4.19. The standard InChI is InChI=1S/C36H39F4N5O2S/c1-23(2)31-21-28(37)12-17-32(31)45-25(4)18-19-48-35(45)42-33(46)20-24(3)6-5-7-26-8-10-27(11-9-26)34-41-22-44(43-34)29-13-15-30(16-14-29)47-36(38,39)40/h8-17,21-25H,5-7,18-20H2,1-4H3. The molecule has 1 amide bonds. The fraction of sp³-hybridized carbons (Fsp3) is 0.389. The molecule has 2 heterocycles. The van der Waals surface area contributed by atoms with Crippen LogP contribution in [0.3, 0.4) is 0 Å². The highest BCUT2D eigenvalue weighted by Crippen LogP contribution is 2.35. The zero-order valence-corrected chi connectivity index (χ0v) is 28.2. The maximum Gasteiger partial charge on any atom is 0.573 e. The predicted octanol–water partition coefficient (Wildman–Crippen LogP) is 9.36. The number of rotatable bonds is 11. The number of aryl methyl sites for hydroxylation is 1. The number of anilines is 1. The fourth-order valence-electron chi connectivity index (χ4n) is 5.69. The first-order valence-electron chi connectivity index (χ1n) is 16.1. The van der Waals surface area contributed by atoms with E-state index in [1.165, 1.54) is 41.3 Å². The van der Waals surface area contributed by atoms with E-state index in [2.05, 4.69) is 38.6 Å². The lowest BCUT2D eigenvalue weighted by atomic mass is 9.97. The molecule has 0 saturated carbocycles. The number of thioether (sulfide) groups is 1. The molecule has 1 saturated heterocycles. The minimum atomic E-state index is -4.75. The Bertz CT molecular complexity index is 1720. The van der Waals surface area contributed by atoms with Gasteiger partial charge in [0.2, 0.25) is 5.91 Å². The lowest BCUT2D eigenvalue weighted by molar-refractivity contribution is -0.274. The van der Waals surface area contributed by atoms with Gasteiger partial charge in [0, 0.05) is 29.5 Å². The van der Waals surface area contributed by atoms with Gasteiger partial charge >= 0.3 is 6.36 Å². The molecule has 7 nitrogen and oxygen atoms in total. The smallest absolute Gasteiger partial charge is 0.406 e. The molecule has 0 spiro atoms. The molecule has 3 aromatic carbocycles. The van der Waals surface area contributed by atoms with Crippen molar-refractivity contribution in [3.8, 4) is 22.8 Å². The molecule has 48 heavy (non-hydrogen) atoms. The summed E-state index contributed by atoms with van der Waals surface area (Å²) in [5, 5.41) is 5.15. The summed E-state index contributed by atoms with van der Waals surface area (Å²) >= 11 is 1.58. The van der Waals surface area contributed by atoms with Crippen LogP contribution in [-0.4, -0.2) is 44.0 Å². The Labute approximate surface area is 282 Å². The van der Waals surface area contributed by atoms with Crippen molar-refractivity contribution in [1.82, 2.24) is 14.8 Å². The van der Waals surface area contributed by atoms with E-state index >= 15 is 0 Å². The van der Waals surface area contributed by atoms with Crippen LogP contribution in [0.2, 0.25) is 0 Å². The van der Waals surface area contributed by atoms with Gasteiger partial charge in [0.25, 0.3) is 0 Å². The number of carbonyl (C=O) groups is 1. The molecule has 1 aliphatic rings. The van der Waals surface area contributed by atoms with Crippen LogP contribution in [0.1, 0.15) is 70.4 Å². The van der Waals surface area contributed by atoms with E-state index in [0.717, 1.165) is 53.8 Å². The van der Waals surface area contributed by atoms with Gasteiger partial charge in [0.05, 0.1) is 5.69 Å². The third-order valence-electron chi connectivity index (χ3n) is 8.23. The van der Waals surface area contributed by atoms with Crippen LogP contribution in [0.4, 0.5) is 23.2 Å². The Kier molecular flexibility index (Phi) is 11.2. The number of amides is 1. The van der Waals surface area contributed by atoms with Crippen LogP contribution in [-0.2, 0) is 11.2 Å². The Morgan fingerprint density at radius 1 is 1.06 bits per heavy atom. The van der Waals surface area contributed by atoms with Crippen molar-refractivity contribution < 1.29 is 27.1 Å². The molecule has 254 valence electrons. The van der Waals surface area contributed by atoms with E-state index in [9.17, 15) is 22.4 Å². The minimum absolute atomic E-state index is 0.128. The quantitative estimate of drug-likeness (QED) is 0.147. The number of halogens is 4. The summed E-state index contributed by atoms with van der Waals surface area (Å²) in [5.41, 5.74) is 4.34. The highest BCUT2D eigenvalue weighted by atomic mass is 32.2. The van der Waals surface area contributed by atoms with Crippen LogP contribution in [0.15, 0.2) is 78.0 Å². The van der Waals surface area contributed by atoms with Gasteiger partial charge in [-0.1, -0.05) is 56.8 Å². The molecular weight excluding hydrogens is 642 g/mol. The van der Waals surface area contributed by atoms with E-state index < -0.39 is 6.36 Å². The van der Waals surface area contributed by atoms with Crippen molar-refractivity contribution in [3.05, 3.63) is 90.0 Å². The predicted molar refractivity (Wildman–Crippen MR) is 182 cm³/mol. The summed E-state index contributed by atoms with van der Waals surface area (Å²) in [5.74, 6) is 0.959. The fourth-order valence-corrected chi connectivity index (χ4v) is 6.91. The molecule has 0 N–H and O–H groups in total. The molecule has 2 unspecified atom stereocenters. The van der Waals surface area contributed by atoms with E-state index in [1.807, 2.05) is 38.1 Å². The SMILES string of the molecule is CC(CCCc1ccc(-c2ncn(-c3ccc(OC(F)(F)F)cc3)n2)cc1)CC(=O)N=C1SCCC(C)N1c1ccc(F)cc1C(C)C. The molecule has 0 radical (unpaired) electrons. The number of hydrogen-bond donors (Lipinski definition) is 0. The normalized spacial score (nSPS) is 16.8. The van der Waals surface area contributed by atoms with Gasteiger partial charge in [-0.3, -0.25) is 4.79 Å². The number of ether oxygens (including phenoxy) is 1. The summed E-state index contributed by atoms with van der Waals surface area (Å²) < 4.78 is 56.8. The van der Waals surface area contributed by atoms with Crippen molar-refractivity contribution in [2.75, 3.05) is 10.7 Å². The van der Waals surface area contributed by atoms with Crippen LogP contribution in [0.25, 0.3) is 17.1 Å². The van der Waals surface area contributed by atoms with Crippen molar-refractivity contribution in [1.29, 1.82) is 0 Å². The zero-order valence-electron chi connectivity index (χ0n) is 27.4. The molecule has 2 atom stereocenters. The van der Waals surface area contributed by atoms with Crippen LogP contribution in [0, 0.1) is 11.7 Å². The Balaban J connectivity index is 1.13. The van der Waals surface area contributed by atoms with E-state index in [-0.39, 0.29) is 35.4 Å². The molecule has 4 aromatic rings. The van der Waals surface area contributed by atoms with Crippen LogP contribution < -0.4 is 9.64 Å². The number of aromatic nitrogens is 3. The average Bonchev–Trinajstić information content (AvgIpc) is 3.52. The van der Waals surface area contributed by atoms with Crippen molar-refractivity contribution in [2.45, 2.75) is 78.1 Å². The second kappa shape index (κ2) is 15.4. The van der Waals surface area contributed by atoms with Crippen molar-refractivity contribution >= 4 is 28.5 Å². The third-order valence-corrected chi connectivity index (χ3v) is 9.22. The van der Waals surface area contributed by atoms with Crippen molar-refractivity contribution in [2.24, 2.45) is 10.9 Å². The van der Waals surface area contributed by atoms with E-state index in [0.29, 0.717) is 23.1 Å². The maximum atomic E-state index is 14.1. The average molecular weight is 682 g/mol. The monoisotopic (exact) mass is 681 g/mol. The van der Waals surface area contributed by atoms with Crippen LogP contribution >= 0.6 is 11.8 Å². The number of benzene rings is 3. The first-order valence-corrected chi connectivity index (χ1v) is 17.0. The first kappa shape index (κ1) is 35.1. The highest BCUT2D eigenvalue weighted by Gasteiger charge is 2.31. The molecule has 0 bridgehead atoms. The second-order valence-electron chi connectivity index (χ2n) is 12.5. The molecule has 12 heteroatoms. The Morgan fingerprint density at radius 2 is 1.79 bits per heavy atom. The lowest BCUT2D eigenvalue weighted by Gasteiger charge is -2.37. The molecule has 0 aliphatic carbocycles. The number of hydrogen-bond acceptors (Lipinski definition) is 5. The minimum Gasteiger partial charge on any atom is -0.406 e. The number of nitrogens with zero attached hydrogens (tertiary/aromatic N) is 5. The molecular formula is C36H39F4N5O2S. The molecule has 1 fully saturated rings. The van der Waals surface area contributed by atoms with Crippen molar-refractivity contribution in [3.63, 3.8) is 0 Å². The zero-order chi connectivity index (χ0) is 34.4. The summed E-state index contributed by atoms with van der Waals surface area (Å²) in [4.78, 5) is 24.1. The van der Waals surface area contributed by atoms with Gasteiger partial charge in [-0.05, 0) is 98.0 Å². The van der Waals surface area contributed by atoms with E-state index in [1.54, 1.807) is 23.9 Å². The van der Waals surface area contributed by atoms with Gasteiger partial charge in [-0.2, -0.15) is 4.99 Å². The maximum absolute atomic E-state index is 14.1. The number of carbonyl (C=O) groups excluding carboxylic acids is 1. The third kappa shape index (κ3) is 9.24. The summed E-state index contributed by atoms with van der Waals surface area (Å²) in [6.07, 6.45) is 0.709. The largest absolute Gasteiger partial charge is 0.573 e. The molecule has 1 aromatic heterocycles. The summed E-state index contributed by atoms with van der Waals surface area (Å²) in [6.45, 7) is 8.28. The second-order valence-corrected chi connectivity index (χ2v) is 13.5. The van der Waals surface area contributed by atoms with Gasteiger partial charge < -0.3 is 9.64 Å². The number of amidine groups is 1. The van der Waals surface area contributed by atoms with Gasteiger partial charge in [0.15, 0.2) is 11.0 Å². The Morgan fingerprint density at radius 3 is 2.48 bits per heavy atom.